The predicted molar refractivity (Wildman–Crippen MR) is 74.8 cm³/mol. The van der Waals surface area contributed by atoms with Crippen LogP contribution in [0.5, 0.6) is 0 Å². The average Bonchev–Trinajstić information content (AvgIpc) is 2.71. The predicted octanol–water partition coefficient (Wildman–Crippen LogP) is 2.95. The van der Waals surface area contributed by atoms with Gasteiger partial charge in [-0.15, -0.1) is 0 Å². The first-order valence-corrected chi connectivity index (χ1v) is 8.67. The second kappa shape index (κ2) is 6.72. The van der Waals surface area contributed by atoms with Crippen molar-refractivity contribution in [3.05, 3.63) is 11.9 Å². The molecule has 0 radical (unpaired) electrons. The van der Waals surface area contributed by atoms with Gasteiger partial charge in [0.2, 0.25) is 0 Å². The van der Waals surface area contributed by atoms with Crippen LogP contribution in [0, 0.1) is 5.92 Å². The topological polar surface area (TPSA) is 61.2 Å². The molecule has 7 heteroatoms. The Kier molecular flexibility index (Phi) is 5.82. The Hall–Kier alpha value is -0.590. The quantitative estimate of drug-likeness (QED) is 0.727. The summed E-state index contributed by atoms with van der Waals surface area (Å²) in [5.74, 6) is 0.382. The van der Waals surface area contributed by atoms with Crippen LogP contribution in [0.3, 0.4) is 0 Å². The molecule has 19 heavy (non-hydrogen) atoms. The lowest BCUT2D eigenvalue weighted by Crippen LogP contribution is -2.06. The third kappa shape index (κ3) is 4.78. The van der Waals surface area contributed by atoms with E-state index in [-0.39, 0.29) is 17.5 Å². The van der Waals surface area contributed by atoms with E-state index in [1.807, 2.05) is 27.7 Å². The first kappa shape index (κ1) is 16.5. The van der Waals surface area contributed by atoms with Gasteiger partial charge in [-0.05, 0) is 19.3 Å². The molecule has 0 N–H and O–H groups in total. The van der Waals surface area contributed by atoms with Gasteiger partial charge >= 0.3 is 0 Å². The first-order chi connectivity index (χ1) is 8.75. The summed E-state index contributed by atoms with van der Waals surface area (Å²) in [6.45, 7) is 8.74. The average molecular weight is 309 g/mol. The second-order valence-corrected chi connectivity index (χ2v) is 7.56. The van der Waals surface area contributed by atoms with Gasteiger partial charge in [-0.1, -0.05) is 20.8 Å². The summed E-state index contributed by atoms with van der Waals surface area (Å²) in [4.78, 5) is 0.0400. The van der Waals surface area contributed by atoms with Gasteiger partial charge in [0.05, 0.1) is 6.61 Å². The van der Waals surface area contributed by atoms with Crippen molar-refractivity contribution in [2.75, 3.05) is 6.61 Å². The SMILES string of the molecule is CC[C@H](C)n1cc(S(=O)(=O)Cl)c(COCC(C)C)n1. The molecule has 0 unspecified atom stereocenters. The van der Waals surface area contributed by atoms with Crippen molar-refractivity contribution in [2.24, 2.45) is 5.92 Å². The number of aromatic nitrogens is 2. The molecule has 110 valence electrons. The van der Waals surface area contributed by atoms with E-state index >= 15 is 0 Å². The van der Waals surface area contributed by atoms with Gasteiger partial charge in [0.1, 0.15) is 10.6 Å². The van der Waals surface area contributed by atoms with Gasteiger partial charge in [-0.3, -0.25) is 4.68 Å². The van der Waals surface area contributed by atoms with E-state index in [1.54, 1.807) is 4.68 Å². The number of halogens is 1. The molecule has 0 saturated carbocycles. The van der Waals surface area contributed by atoms with Crippen molar-refractivity contribution >= 4 is 19.7 Å². The molecule has 1 atom stereocenters. The number of hydrogen-bond donors (Lipinski definition) is 0. The summed E-state index contributed by atoms with van der Waals surface area (Å²) >= 11 is 0. The third-order valence-corrected chi connectivity index (χ3v) is 4.13. The van der Waals surface area contributed by atoms with Crippen LogP contribution in [0.25, 0.3) is 0 Å². The van der Waals surface area contributed by atoms with Crippen LogP contribution < -0.4 is 0 Å². The Balaban J connectivity index is 2.97. The Morgan fingerprint density at radius 2 is 2.05 bits per heavy atom. The van der Waals surface area contributed by atoms with Crippen molar-refractivity contribution in [3.8, 4) is 0 Å². The number of ether oxygens (including phenoxy) is 1. The second-order valence-electron chi connectivity index (χ2n) is 5.02. The fourth-order valence-electron chi connectivity index (χ4n) is 1.52. The van der Waals surface area contributed by atoms with Crippen LogP contribution in [0.15, 0.2) is 11.1 Å². The number of nitrogens with zero attached hydrogens (tertiary/aromatic N) is 2. The van der Waals surface area contributed by atoms with Crippen LogP contribution in [0.1, 0.15) is 45.9 Å². The maximum absolute atomic E-state index is 11.5. The lowest BCUT2D eigenvalue weighted by atomic mass is 10.2. The summed E-state index contributed by atoms with van der Waals surface area (Å²) in [7, 11) is 1.63. The van der Waals surface area contributed by atoms with Crippen LogP contribution in [-0.4, -0.2) is 24.8 Å². The van der Waals surface area contributed by atoms with E-state index < -0.39 is 9.05 Å². The Morgan fingerprint density at radius 3 is 2.53 bits per heavy atom. The van der Waals surface area contributed by atoms with Crippen molar-refractivity contribution in [1.29, 1.82) is 0 Å². The molecule has 1 aromatic heterocycles. The zero-order chi connectivity index (χ0) is 14.6. The minimum atomic E-state index is -3.80. The smallest absolute Gasteiger partial charge is 0.264 e. The highest BCUT2D eigenvalue weighted by Gasteiger charge is 2.21. The first-order valence-electron chi connectivity index (χ1n) is 6.36. The summed E-state index contributed by atoms with van der Waals surface area (Å²) in [6, 6.07) is 0.121. The fourth-order valence-corrected chi connectivity index (χ4v) is 2.52. The van der Waals surface area contributed by atoms with E-state index in [9.17, 15) is 8.42 Å². The number of hydrogen-bond acceptors (Lipinski definition) is 4. The maximum atomic E-state index is 11.5. The maximum Gasteiger partial charge on any atom is 0.264 e. The highest BCUT2D eigenvalue weighted by atomic mass is 35.7. The van der Waals surface area contributed by atoms with Gasteiger partial charge < -0.3 is 4.74 Å². The summed E-state index contributed by atoms with van der Waals surface area (Å²) in [6.07, 6.45) is 2.33. The van der Waals surface area contributed by atoms with Gasteiger partial charge in [-0.2, -0.15) is 5.10 Å². The van der Waals surface area contributed by atoms with Crippen LogP contribution in [-0.2, 0) is 20.4 Å². The Morgan fingerprint density at radius 1 is 1.42 bits per heavy atom. The molecule has 5 nitrogen and oxygen atoms in total. The third-order valence-electron chi connectivity index (χ3n) is 2.77. The highest BCUT2D eigenvalue weighted by molar-refractivity contribution is 8.13. The van der Waals surface area contributed by atoms with Crippen molar-refractivity contribution in [3.63, 3.8) is 0 Å². The highest BCUT2D eigenvalue weighted by Crippen LogP contribution is 2.22. The van der Waals surface area contributed by atoms with E-state index in [0.29, 0.717) is 18.2 Å². The summed E-state index contributed by atoms with van der Waals surface area (Å²) in [5, 5.41) is 4.27. The van der Waals surface area contributed by atoms with E-state index in [2.05, 4.69) is 5.10 Å². The molecule has 0 aromatic carbocycles. The molecule has 0 aliphatic carbocycles. The largest absolute Gasteiger partial charge is 0.375 e. The minimum Gasteiger partial charge on any atom is -0.375 e. The zero-order valence-electron chi connectivity index (χ0n) is 11.8. The van der Waals surface area contributed by atoms with Crippen molar-refractivity contribution in [2.45, 2.75) is 51.7 Å². The lowest BCUT2D eigenvalue weighted by molar-refractivity contribution is 0.0929. The van der Waals surface area contributed by atoms with E-state index in [1.165, 1.54) is 6.20 Å². The lowest BCUT2D eigenvalue weighted by Gasteiger charge is -2.08. The van der Waals surface area contributed by atoms with Gasteiger partial charge in [0.15, 0.2) is 0 Å². The van der Waals surface area contributed by atoms with Crippen molar-refractivity contribution < 1.29 is 13.2 Å². The normalized spacial score (nSPS) is 14.0. The zero-order valence-corrected chi connectivity index (χ0v) is 13.3. The molecule has 0 spiro atoms. The van der Waals surface area contributed by atoms with Gasteiger partial charge in [0.25, 0.3) is 9.05 Å². The fraction of sp³-hybridized carbons (Fsp3) is 0.750. The molecule has 0 aliphatic heterocycles. The Labute approximate surface area is 119 Å². The molecule has 1 aromatic rings. The molecule has 0 bridgehead atoms. The standard InChI is InChI=1S/C12H21ClN2O3S/c1-5-10(4)15-6-12(19(13,16)17)11(14-15)8-18-7-9(2)3/h6,9-10H,5,7-8H2,1-4H3/t10-/m0/s1. The van der Waals surface area contributed by atoms with Crippen LogP contribution in [0.4, 0.5) is 0 Å². The molecular weight excluding hydrogens is 288 g/mol. The molecule has 0 fully saturated rings. The van der Waals surface area contributed by atoms with Gasteiger partial charge in [-0.25, -0.2) is 8.42 Å². The molecule has 1 rings (SSSR count). The molecule has 1 heterocycles. The summed E-state index contributed by atoms with van der Waals surface area (Å²) in [5.41, 5.74) is 0.371. The Bertz CT molecular complexity index is 511. The number of rotatable bonds is 7. The summed E-state index contributed by atoms with van der Waals surface area (Å²) < 4.78 is 30.1. The monoisotopic (exact) mass is 308 g/mol. The molecule has 0 amide bonds. The van der Waals surface area contributed by atoms with Gasteiger partial charge in [0, 0.05) is 29.5 Å². The van der Waals surface area contributed by atoms with E-state index in [4.69, 9.17) is 15.4 Å². The van der Waals surface area contributed by atoms with Crippen molar-refractivity contribution in [1.82, 2.24) is 9.78 Å². The van der Waals surface area contributed by atoms with Crippen LogP contribution in [0.2, 0.25) is 0 Å². The molecule has 0 aliphatic rings. The van der Waals surface area contributed by atoms with E-state index in [0.717, 1.165) is 6.42 Å². The van der Waals surface area contributed by atoms with Crippen LogP contribution >= 0.6 is 10.7 Å². The molecular formula is C12H21ClN2O3S. The minimum absolute atomic E-state index is 0.0400. The molecule has 0 saturated heterocycles.